The second kappa shape index (κ2) is 9.72. The molecule has 3 N–H and O–H groups in total. The summed E-state index contributed by atoms with van der Waals surface area (Å²) in [5.41, 5.74) is 2.69. The van der Waals surface area contributed by atoms with Crippen molar-refractivity contribution in [2.45, 2.75) is 20.3 Å². The van der Waals surface area contributed by atoms with Crippen molar-refractivity contribution < 1.29 is 4.79 Å². The topological polar surface area (TPSA) is 78.9 Å². The molecule has 1 aromatic carbocycles. The fourth-order valence-electron chi connectivity index (χ4n) is 2.12. The first kappa shape index (κ1) is 19.7. The molecule has 0 saturated carbocycles. The fourth-order valence-corrected chi connectivity index (χ4v) is 2.45. The number of benzene rings is 1. The Balaban J connectivity index is 2.00. The Bertz CT molecular complexity index is 802. The van der Waals surface area contributed by atoms with E-state index in [1.165, 1.54) is 5.57 Å². The number of carbonyl (C=O) groups excluding carboxylic acids is 1. The van der Waals surface area contributed by atoms with Gasteiger partial charge in [0.15, 0.2) is 5.78 Å². The molecule has 7 heteroatoms. The average molecular weight is 416 g/mol. The van der Waals surface area contributed by atoms with Crippen molar-refractivity contribution in [3.05, 3.63) is 65.1 Å². The van der Waals surface area contributed by atoms with Crippen molar-refractivity contribution >= 4 is 39.2 Å². The predicted octanol–water partition coefficient (Wildman–Crippen LogP) is 4.62. The zero-order valence-corrected chi connectivity index (χ0v) is 16.4. The minimum atomic E-state index is 0.0376. The van der Waals surface area contributed by atoms with Crippen LogP contribution >= 0.6 is 15.9 Å². The summed E-state index contributed by atoms with van der Waals surface area (Å²) in [6.07, 6.45) is 6.12. The van der Waals surface area contributed by atoms with Gasteiger partial charge in [-0.05, 0) is 72.9 Å². The monoisotopic (exact) mass is 415 g/mol. The van der Waals surface area contributed by atoms with Crippen LogP contribution < -0.4 is 16.0 Å². The van der Waals surface area contributed by atoms with E-state index in [4.69, 9.17) is 0 Å². The predicted molar refractivity (Wildman–Crippen MR) is 110 cm³/mol. The third kappa shape index (κ3) is 6.00. The third-order valence-electron chi connectivity index (χ3n) is 3.55. The fraction of sp³-hybridized carbons (Fsp3) is 0.211. The van der Waals surface area contributed by atoms with Crippen molar-refractivity contribution in [2.75, 3.05) is 17.2 Å². The van der Waals surface area contributed by atoms with Crippen molar-refractivity contribution in [1.82, 2.24) is 15.3 Å². The molecule has 0 saturated heterocycles. The number of halogens is 1. The number of hydrogen-bond acceptors (Lipinski definition) is 6. The zero-order valence-electron chi connectivity index (χ0n) is 14.8. The van der Waals surface area contributed by atoms with E-state index in [0.29, 0.717) is 17.3 Å². The van der Waals surface area contributed by atoms with Gasteiger partial charge >= 0.3 is 0 Å². The van der Waals surface area contributed by atoms with Crippen molar-refractivity contribution in [3.63, 3.8) is 0 Å². The van der Waals surface area contributed by atoms with Crippen LogP contribution in [0, 0.1) is 0 Å². The number of ketones is 1. The highest BCUT2D eigenvalue weighted by molar-refractivity contribution is 9.10. The Labute approximate surface area is 162 Å². The van der Waals surface area contributed by atoms with Crippen LogP contribution in [0.25, 0.3) is 0 Å². The van der Waals surface area contributed by atoms with Crippen molar-refractivity contribution in [2.24, 2.45) is 0 Å². The number of nitrogens with one attached hydrogen (secondary N) is 3. The van der Waals surface area contributed by atoms with Gasteiger partial charge in [0.1, 0.15) is 5.82 Å². The van der Waals surface area contributed by atoms with E-state index in [1.54, 1.807) is 31.5 Å². The lowest BCUT2D eigenvalue weighted by Crippen LogP contribution is -2.07. The molecule has 1 aromatic heterocycles. The molecule has 6 nitrogen and oxygen atoms in total. The number of rotatable bonds is 9. The number of Topliss-reactive ketones (excluding diaryl/α,β-unsaturated/α-hetero) is 1. The molecule has 2 aromatic rings. The summed E-state index contributed by atoms with van der Waals surface area (Å²) in [5.74, 6) is 1.23. The smallest absolute Gasteiger partial charge is 0.229 e. The van der Waals surface area contributed by atoms with Gasteiger partial charge < -0.3 is 16.0 Å². The lowest BCUT2D eigenvalue weighted by atomic mass is 10.1. The van der Waals surface area contributed by atoms with E-state index in [9.17, 15) is 4.79 Å². The largest absolute Gasteiger partial charge is 0.369 e. The van der Waals surface area contributed by atoms with Gasteiger partial charge in [-0.25, -0.2) is 4.98 Å². The van der Waals surface area contributed by atoms with E-state index < -0.39 is 0 Å². The van der Waals surface area contributed by atoms with Gasteiger partial charge in [-0.1, -0.05) is 12.2 Å². The Morgan fingerprint density at radius 3 is 2.65 bits per heavy atom. The molecule has 1 heterocycles. The summed E-state index contributed by atoms with van der Waals surface area (Å²) in [4.78, 5) is 20.1. The first-order chi connectivity index (χ1) is 12.5. The van der Waals surface area contributed by atoms with Gasteiger partial charge in [0.25, 0.3) is 0 Å². The lowest BCUT2D eigenvalue weighted by molar-refractivity contribution is 0.101. The summed E-state index contributed by atoms with van der Waals surface area (Å²) in [5, 5.41) is 9.39. The molecule has 0 aliphatic carbocycles. The van der Waals surface area contributed by atoms with E-state index in [1.807, 2.05) is 25.3 Å². The van der Waals surface area contributed by atoms with Crippen LogP contribution in [0.5, 0.6) is 0 Å². The van der Waals surface area contributed by atoms with Crippen LogP contribution in [0.1, 0.15) is 30.6 Å². The maximum atomic E-state index is 11.3. The SMILES string of the molecule is C=CN/C=C(\C)CCNc1nc(Nc2ccc(C(C)=O)cc2)ncc1Br. The quantitative estimate of drug-likeness (QED) is 0.518. The van der Waals surface area contributed by atoms with Crippen LogP contribution in [0.4, 0.5) is 17.5 Å². The van der Waals surface area contributed by atoms with Gasteiger partial charge in [-0.2, -0.15) is 4.98 Å². The highest BCUT2D eigenvalue weighted by atomic mass is 79.9. The maximum Gasteiger partial charge on any atom is 0.229 e. The Morgan fingerprint density at radius 1 is 1.27 bits per heavy atom. The van der Waals surface area contributed by atoms with Crippen LogP contribution in [-0.2, 0) is 0 Å². The zero-order chi connectivity index (χ0) is 18.9. The van der Waals surface area contributed by atoms with E-state index >= 15 is 0 Å². The first-order valence-electron chi connectivity index (χ1n) is 8.16. The normalized spacial score (nSPS) is 11.0. The standard InChI is InChI=1S/C19H22BrN5O/c1-4-21-11-13(2)9-10-22-18-17(20)12-23-19(25-18)24-16-7-5-15(6-8-16)14(3)26/h4-8,11-12,21H,1,9-10H2,2-3H3,(H2,22,23,24,25)/b13-11+. The summed E-state index contributed by atoms with van der Waals surface area (Å²) >= 11 is 3.46. The van der Waals surface area contributed by atoms with Crippen LogP contribution in [0.15, 0.2) is 59.5 Å². The highest BCUT2D eigenvalue weighted by Crippen LogP contribution is 2.22. The van der Waals surface area contributed by atoms with Crippen LogP contribution in [0.3, 0.4) is 0 Å². The Hall–Kier alpha value is -2.67. The van der Waals surface area contributed by atoms with Gasteiger partial charge in [-0.3, -0.25) is 4.79 Å². The molecule has 0 amide bonds. The maximum absolute atomic E-state index is 11.3. The molecular weight excluding hydrogens is 394 g/mol. The Morgan fingerprint density at radius 2 is 2.00 bits per heavy atom. The molecule has 0 spiro atoms. The van der Waals surface area contributed by atoms with Gasteiger partial charge in [0.05, 0.1) is 4.47 Å². The molecule has 0 aliphatic heterocycles. The number of aromatic nitrogens is 2. The molecule has 2 rings (SSSR count). The van der Waals surface area contributed by atoms with Crippen LogP contribution in [-0.4, -0.2) is 22.3 Å². The molecular formula is C19H22BrN5O. The lowest BCUT2D eigenvalue weighted by Gasteiger charge is -2.10. The molecule has 0 unspecified atom stereocenters. The summed E-state index contributed by atoms with van der Waals surface area (Å²) in [6.45, 7) is 7.94. The Kier molecular flexibility index (Phi) is 7.35. The second-order valence-corrected chi connectivity index (χ2v) is 6.54. The molecule has 0 aliphatic rings. The summed E-state index contributed by atoms with van der Waals surface area (Å²) in [7, 11) is 0. The minimum absolute atomic E-state index is 0.0376. The van der Waals surface area contributed by atoms with Crippen molar-refractivity contribution in [3.8, 4) is 0 Å². The van der Waals surface area contributed by atoms with E-state index in [2.05, 4.69) is 48.4 Å². The highest BCUT2D eigenvalue weighted by Gasteiger charge is 2.06. The number of nitrogens with zero attached hydrogens (tertiary/aromatic N) is 2. The summed E-state index contributed by atoms with van der Waals surface area (Å²) < 4.78 is 0.792. The third-order valence-corrected chi connectivity index (χ3v) is 4.13. The van der Waals surface area contributed by atoms with Gasteiger partial charge in [-0.15, -0.1) is 0 Å². The van der Waals surface area contributed by atoms with E-state index in [-0.39, 0.29) is 5.78 Å². The average Bonchev–Trinajstić information content (AvgIpc) is 2.63. The first-order valence-corrected chi connectivity index (χ1v) is 8.96. The van der Waals surface area contributed by atoms with Gasteiger partial charge in [0, 0.05) is 24.0 Å². The van der Waals surface area contributed by atoms with E-state index in [0.717, 1.165) is 23.1 Å². The molecule has 26 heavy (non-hydrogen) atoms. The molecule has 0 bridgehead atoms. The molecule has 0 atom stereocenters. The minimum Gasteiger partial charge on any atom is -0.369 e. The molecule has 0 fully saturated rings. The second-order valence-electron chi connectivity index (χ2n) is 5.69. The van der Waals surface area contributed by atoms with Crippen molar-refractivity contribution in [1.29, 1.82) is 0 Å². The van der Waals surface area contributed by atoms with Crippen LogP contribution in [0.2, 0.25) is 0 Å². The van der Waals surface area contributed by atoms with Gasteiger partial charge in [0.2, 0.25) is 5.95 Å². The number of hydrogen-bond donors (Lipinski definition) is 3. The summed E-state index contributed by atoms with van der Waals surface area (Å²) in [6, 6.07) is 7.20. The molecule has 136 valence electrons. The molecule has 0 radical (unpaired) electrons. The number of anilines is 3. The number of carbonyl (C=O) groups is 1.